The summed E-state index contributed by atoms with van der Waals surface area (Å²) in [4.78, 5) is 15.0. The molecule has 140 valence electrons. The molecule has 1 heterocycles. The molecular weight excluding hydrogens is 363 g/mol. The van der Waals surface area contributed by atoms with Gasteiger partial charge in [-0.3, -0.25) is 10.1 Å². The summed E-state index contributed by atoms with van der Waals surface area (Å²) >= 11 is 1.55. The van der Waals surface area contributed by atoms with Gasteiger partial charge in [0.05, 0.1) is 5.69 Å². The van der Waals surface area contributed by atoms with Crippen LogP contribution in [-0.4, -0.2) is 16.5 Å². The number of benzene rings is 2. The van der Waals surface area contributed by atoms with Gasteiger partial charge >= 0.3 is 0 Å². The van der Waals surface area contributed by atoms with Crippen LogP contribution in [0.15, 0.2) is 35.7 Å². The molecule has 4 nitrogen and oxygen atoms in total. The molecule has 2 aromatic carbocycles. The number of nitro groups is 1. The third kappa shape index (κ3) is 4.57. The van der Waals surface area contributed by atoms with Crippen molar-refractivity contribution >= 4 is 11.3 Å². The second kappa shape index (κ2) is 7.96. The number of hydrogen-bond donors (Lipinski definition) is 0. The van der Waals surface area contributed by atoms with Crippen LogP contribution >= 0.6 is 11.3 Å². The van der Waals surface area contributed by atoms with Gasteiger partial charge in [-0.05, 0) is 66.8 Å². The summed E-state index contributed by atoms with van der Waals surface area (Å²) in [6.45, 7) is 5.72. The maximum Gasteiger partial charge on any atom is 0.207 e. The van der Waals surface area contributed by atoms with Gasteiger partial charge in [0.15, 0.2) is 0 Å². The molecule has 3 rings (SSSR count). The maximum absolute atomic E-state index is 13.5. The number of aromatic nitrogens is 1. The maximum atomic E-state index is 13.5. The Morgan fingerprint density at radius 3 is 2.48 bits per heavy atom. The lowest BCUT2D eigenvalue weighted by atomic mass is 9.96. The van der Waals surface area contributed by atoms with Crippen LogP contribution < -0.4 is 0 Å². The molecule has 27 heavy (non-hydrogen) atoms. The Hall–Kier alpha value is -2.60. The van der Waals surface area contributed by atoms with Crippen molar-refractivity contribution in [1.29, 1.82) is 0 Å². The van der Waals surface area contributed by atoms with E-state index in [0.717, 1.165) is 33.0 Å². The molecule has 0 radical (unpaired) electrons. The van der Waals surface area contributed by atoms with Crippen molar-refractivity contribution in [3.05, 3.63) is 85.2 Å². The number of aryl methyl sites for hydroxylation is 3. The Morgan fingerprint density at radius 2 is 1.78 bits per heavy atom. The quantitative estimate of drug-likeness (QED) is 0.429. The highest BCUT2D eigenvalue weighted by Gasteiger charge is 2.11. The lowest BCUT2D eigenvalue weighted by molar-refractivity contribution is -0.479. The fourth-order valence-corrected chi connectivity index (χ4v) is 3.92. The highest BCUT2D eigenvalue weighted by Crippen LogP contribution is 2.27. The van der Waals surface area contributed by atoms with E-state index in [4.69, 9.17) is 4.98 Å². The minimum Gasteiger partial charge on any atom is -0.265 e. The highest BCUT2D eigenvalue weighted by molar-refractivity contribution is 7.13. The predicted molar refractivity (Wildman–Crippen MR) is 107 cm³/mol. The Bertz CT molecular complexity index is 998. The molecule has 1 aromatic heterocycles. The van der Waals surface area contributed by atoms with E-state index in [2.05, 4.69) is 6.07 Å². The van der Waals surface area contributed by atoms with Gasteiger partial charge in [-0.15, -0.1) is 11.3 Å². The number of rotatable bonds is 6. The SMILES string of the molecule is Cc1cc(-c2nc(Cc3cc(C)c(CC[N+](=O)[O-])cc3C)cs2)ccc1F. The molecule has 6 heteroatoms. The summed E-state index contributed by atoms with van der Waals surface area (Å²) in [5.41, 5.74) is 6.89. The molecule has 0 saturated heterocycles. The van der Waals surface area contributed by atoms with Crippen molar-refractivity contribution in [3.63, 3.8) is 0 Å². The first-order chi connectivity index (χ1) is 12.8. The van der Waals surface area contributed by atoms with Gasteiger partial charge in [0, 0.05) is 28.7 Å². The van der Waals surface area contributed by atoms with E-state index in [1.165, 1.54) is 11.6 Å². The normalized spacial score (nSPS) is 11.0. The van der Waals surface area contributed by atoms with Crippen LogP contribution in [0.3, 0.4) is 0 Å². The third-order valence-corrected chi connectivity index (χ3v) is 5.63. The summed E-state index contributed by atoms with van der Waals surface area (Å²) in [6.07, 6.45) is 1.16. The van der Waals surface area contributed by atoms with Crippen molar-refractivity contribution in [3.8, 4) is 10.6 Å². The monoisotopic (exact) mass is 384 g/mol. The first-order valence-corrected chi connectivity index (χ1v) is 9.63. The molecule has 0 N–H and O–H groups in total. The largest absolute Gasteiger partial charge is 0.265 e. The summed E-state index contributed by atoms with van der Waals surface area (Å²) in [5.74, 6) is -0.209. The fraction of sp³-hybridized carbons (Fsp3) is 0.286. The van der Waals surface area contributed by atoms with Gasteiger partial charge in [-0.2, -0.15) is 0 Å². The summed E-state index contributed by atoms with van der Waals surface area (Å²) in [5, 5.41) is 13.5. The number of hydrogen-bond acceptors (Lipinski definition) is 4. The standard InChI is InChI=1S/C21H21FN2O2S/c1-13-9-18(14(2)8-16(13)6-7-24(25)26)11-19-12-27-21(23-19)17-4-5-20(22)15(3)10-17/h4-5,8-10,12H,6-7,11H2,1-3H3. The van der Waals surface area contributed by atoms with Gasteiger partial charge in [-0.25, -0.2) is 9.37 Å². The van der Waals surface area contributed by atoms with E-state index in [1.807, 2.05) is 31.4 Å². The first-order valence-electron chi connectivity index (χ1n) is 8.75. The van der Waals surface area contributed by atoms with Crippen LogP contribution in [-0.2, 0) is 12.8 Å². The lowest BCUT2D eigenvalue weighted by Gasteiger charge is -2.10. The van der Waals surface area contributed by atoms with E-state index < -0.39 is 0 Å². The van der Waals surface area contributed by atoms with Gasteiger partial charge in [-0.1, -0.05) is 12.1 Å². The second-order valence-corrected chi connectivity index (χ2v) is 7.65. The van der Waals surface area contributed by atoms with Crippen molar-refractivity contribution in [2.45, 2.75) is 33.6 Å². The van der Waals surface area contributed by atoms with E-state index in [1.54, 1.807) is 24.3 Å². The molecule has 0 unspecified atom stereocenters. The number of nitrogens with zero attached hydrogens (tertiary/aromatic N) is 2. The van der Waals surface area contributed by atoms with Crippen LogP contribution in [0.25, 0.3) is 10.6 Å². The topological polar surface area (TPSA) is 56.0 Å². The molecule has 0 spiro atoms. The average molecular weight is 384 g/mol. The first kappa shape index (κ1) is 19.2. The molecule has 0 fully saturated rings. The van der Waals surface area contributed by atoms with Crippen LogP contribution in [0.5, 0.6) is 0 Å². The highest BCUT2D eigenvalue weighted by atomic mass is 32.1. The van der Waals surface area contributed by atoms with Gasteiger partial charge in [0.25, 0.3) is 0 Å². The van der Waals surface area contributed by atoms with E-state index in [-0.39, 0.29) is 17.3 Å². The Labute approximate surface area is 161 Å². The minimum atomic E-state index is -0.281. The summed E-state index contributed by atoms with van der Waals surface area (Å²) in [6, 6.07) is 9.20. The lowest BCUT2D eigenvalue weighted by Crippen LogP contribution is -2.06. The average Bonchev–Trinajstić information content (AvgIpc) is 3.07. The van der Waals surface area contributed by atoms with Crippen molar-refractivity contribution < 1.29 is 9.31 Å². The second-order valence-electron chi connectivity index (χ2n) is 6.80. The van der Waals surface area contributed by atoms with E-state index >= 15 is 0 Å². The number of thiazole rings is 1. The molecular formula is C21H21FN2O2S. The van der Waals surface area contributed by atoms with E-state index in [0.29, 0.717) is 18.4 Å². The Kier molecular flexibility index (Phi) is 5.65. The third-order valence-electron chi connectivity index (χ3n) is 4.69. The minimum absolute atomic E-state index is 0.0494. The molecule has 0 saturated carbocycles. The van der Waals surface area contributed by atoms with Crippen LogP contribution in [0.2, 0.25) is 0 Å². The smallest absolute Gasteiger partial charge is 0.207 e. The summed E-state index contributed by atoms with van der Waals surface area (Å²) in [7, 11) is 0. The van der Waals surface area contributed by atoms with Crippen LogP contribution in [0, 0.1) is 36.7 Å². The summed E-state index contributed by atoms with van der Waals surface area (Å²) < 4.78 is 13.5. The Balaban J connectivity index is 1.79. The van der Waals surface area contributed by atoms with Crippen LogP contribution in [0.1, 0.15) is 33.5 Å². The molecule has 0 aliphatic carbocycles. The Morgan fingerprint density at radius 1 is 1.07 bits per heavy atom. The van der Waals surface area contributed by atoms with E-state index in [9.17, 15) is 14.5 Å². The molecule has 0 aliphatic heterocycles. The zero-order chi connectivity index (χ0) is 19.6. The molecule has 3 aromatic rings. The molecule has 0 aliphatic rings. The van der Waals surface area contributed by atoms with Gasteiger partial charge in [0.2, 0.25) is 6.54 Å². The van der Waals surface area contributed by atoms with Crippen molar-refractivity contribution in [2.24, 2.45) is 0 Å². The fourth-order valence-electron chi connectivity index (χ4n) is 3.10. The zero-order valence-electron chi connectivity index (χ0n) is 15.6. The molecule has 0 atom stereocenters. The van der Waals surface area contributed by atoms with Crippen molar-refractivity contribution in [1.82, 2.24) is 4.98 Å². The van der Waals surface area contributed by atoms with Crippen molar-refractivity contribution in [2.75, 3.05) is 6.54 Å². The number of halogens is 1. The van der Waals surface area contributed by atoms with Gasteiger partial charge in [0.1, 0.15) is 10.8 Å². The molecule has 0 bridgehead atoms. The molecule has 0 amide bonds. The predicted octanol–water partition coefficient (Wildman–Crippen LogP) is 5.28. The zero-order valence-corrected chi connectivity index (χ0v) is 16.4. The van der Waals surface area contributed by atoms with Gasteiger partial charge < -0.3 is 0 Å². The van der Waals surface area contributed by atoms with Crippen LogP contribution in [0.4, 0.5) is 4.39 Å².